The Labute approximate surface area is 96.7 Å². The molecule has 2 nitrogen and oxygen atoms in total. The van der Waals surface area contributed by atoms with E-state index in [9.17, 15) is 4.39 Å². The minimum Gasteiger partial charge on any atom is -0.392 e. The third-order valence-electron chi connectivity index (χ3n) is 2.70. The van der Waals surface area contributed by atoms with E-state index in [0.29, 0.717) is 11.3 Å². The highest BCUT2D eigenvalue weighted by atomic mass is 19.1. The molecule has 0 aliphatic rings. The number of hydrogen-bond donors (Lipinski definition) is 1. The van der Waals surface area contributed by atoms with E-state index in [-0.39, 0.29) is 12.4 Å². The molecule has 0 aliphatic carbocycles. The summed E-state index contributed by atoms with van der Waals surface area (Å²) in [4.78, 5) is 2.03. The van der Waals surface area contributed by atoms with Gasteiger partial charge < -0.3 is 10.0 Å². The molecular formula is C13H20FNO. The van der Waals surface area contributed by atoms with Gasteiger partial charge in [0.2, 0.25) is 0 Å². The van der Waals surface area contributed by atoms with Crippen molar-refractivity contribution in [2.24, 2.45) is 0 Å². The number of unbranched alkanes of at least 4 members (excludes halogenated alkanes) is 1. The van der Waals surface area contributed by atoms with Crippen molar-refractivity contribution >= 4 is 5.69 Å². The number of rotatable bonds is 6. The van der Waals surface area contributed by atoms with Gasteiger partial charge in [-0.2, -0.15) is 0 Å². The lowest BCUT2D eigenvalue weighted by Crippen LogP contribution is -2.24. The molecule has 1 aromatic rings. The molecule has 0 fully saturated rings. The van der Waals surface area contributed by atoms with Crippen LogP contribution in [0.4, 0.5) is 10.1 Å². The van der Waals surface area contributed by atoms with Gasteiger partial charge in [-0.3, -0.25) is 0 Å². The number of halogens is 1. The maximum absolute atomic E-state index is 13.7. The van der Waals surface area contributed by atoms with Crippen molar-refractivity contribution in [2.45, 2.75) is 33.3 Å². The maximum Gasteiger partial charge on any atom is 0.146 e. The lowest BCUT2D eigenvalue weighted by Gasteiger charge is -2.23. The smallest absolute Gasteiger partial charge is 0.146 e. The first kappa shape index (κ1) is 13.0. The number of benzene rings is 1. The first-order valence-electron chi connectivity index (χ1n) is 5.87. The molecule has 0 heterocycles. The molecule has 1 N–H and O–H groups in total. The van der Waals surface area contributed by atoms with E-state index in [1.807, 2.05) is 11.8 Å². The fourth-order valence-corrected chi connectivity index (χ4v) is 1.70. The molecule has 0 radical (unpaired) electrons. The quantitative estimate of drug-likeness (QED) is 0.804. The first-order valence-corrected chi connectivity index (χ1v) is 5.87. The standard InChI is InChI=1S/C13H20FNO/c1-3-5-8-15(4-2)13-7-6-11(10-16)9-12(13)14/h6-7,9,16H,3-5,8,10H2,1-2H3. The van der Waals surface area contributed by atoms with Gasteiger partial charge in [-0.05, 0) is 31.0 Å². The Morgan fingerprint density at radius 3 is 2.56 bits per heavy atom. The van der Waals surface area contributed by atoms with Gasteiger partial charge in [0.15, 0.2) is 0 Å². The summed E-state index contributed by atoms with van der Waals surface area (Å²) in [5.41, 5.74) is 1.25. The molecule has 0 amide bonds. The average Bonchev–Trinajstić information content (AvgIpc) is 2.31. The molecule has 16 heavy (non-hydrogen) atoms. The van der Waals surface area contributed by atoms with E-state index in [2.05, 4.69) is 6.92 Å². The minimum absolute atomic E-state index is 0.113. The van der Waals surface area contributed by atoms with Gasteiger partial charge in [-0.1, -0.05) is 19.4 Å². The topological polar surface area (TPSA) is 23.5 Å². The van der Waals surface area contributed by atoms with Crippen molar-refractivity contribution in [3.05, 3.63) is 29.6 Å². The van der Waals surface area contributed by atoms with E-state index >= 15 is 0 Å². The predicted octanol–water partition coefficient (Wildman–Crippen LogP) is 2.94. The van der Waals surface area contributed by atoms with Crippen LogP contribution in [0.25, 0.3) is 0 Å². The zero-order chi connectivity index (χ0) is 12.0. The fraction of sp³-hybridized carbons (Fsp3) is 0.538. The largest absolute Gasteiger partial charge is 0.392 e. The predicted molar refractivity (Wildman–Crippen MR) is 65.1 cm³/mol. The molecule has 3 heteroatoms. The van der Waals surface area contributed by atoms with Crippen LogP contribution in [0.1, 0.15) is 32.3 Å². The van der Waals surface area contributed by atoms with Crippen LogP contribution in [-0.4, -0.2) is 18.2 Å². The van der Waals surface area contributed by atoms with Crippen molar-refractivity contribution in [1.29, 1.82) is 0 Å². The number of nitrogens with zero attached hydrogens (tertiary/aromatic N) is 1. The Morgan fingerprint density at radius 2 is 2.06 bits per heavy atom. The second-order valence-corrected chi connectivity index (χ2v) is 3.88. The summed E-state index contributed by atoms with van der Waals surface area (Å²) >= 11 is 0. The summed E-state index contributed by atoms with van der Waals surface area (Å²) in [5, 5.41) is 8.91. The Hall–Kier alpha value is -1.09. The van der Waals surface area contributed by atoms with Crippen LogP contribution in [0.15, 0.2) is 18.2 Å². The van der Waals surface area contributed by atoms with Gasteiger partial charge in [0, 0.05) is 13.1 Å². The lowest BCUT2D eigenvalue weighted by atomic mass is 10.2. The van der Waals surface area contributed by atoms with Crippen molar-refractivity contribution in [3.8, 4) is 0 Å². The van der Waals surface area contributed by atoms with Crippen molar-refractivity contribution < 1.29 is 9.50 Å². The average molecular weight is 225 g/mol. The van der Waals surface area contributed by atoms with E-state index in [4.69, 9.17) is 5.11 Å². The van der Waals surface area contributed by atoms with E-state index in [1.165, 1.54) is 6.07 Å². The van der Waals surface area contributed by atoms with Gasteiger partial charge in [0.05, 0.1) is 12.3 Å². The van der Waals surface area contributed by atoms with Crippen molar-refractivity contribution in [3.63, 3.8) is 0 Å². The van der Waals surface area contributed by atoms with Gasteiger partial charge >= 0.3 is 0 Å². The molecule has 0 saturated carbocycles. The van der Waals surface area contributed by atoms with E-state index in [0.717, 1.165) is 25.9 Å². The Balaban J connectivity index is 2.83. The Morgan fingerprint density at radius 1 is 1.31 bits per heavy atom. The summed E-state index contributed by atoms with van der Waals surface area (Å²) in [7, 11) is 0. The summed E-state index contributed by atoms with van der Waals surface area (Å²) in [6.07, 6.45) is 2.17. The SMILES string of the molecule is CCCCN(CC)c1ccc(CO)cc1F. The fourth-order valence-electron chi connectivity index (χ4n) is 1.70. The molecule has 0 aromatic heterocycles. The molecule has 0 aliphatic heterocycles. The van der Waals surface area contributed by atoms with Crippen LogP contribution in [-0.2, 0) is 6.61 Å². The summed E-state index contributed by atoms with van der Waals surface area (Å²) < 4.78 is 13.7. The molecular weight excluding hydrogens is 205 g/mol. The van der Waals surface area contributed by atoms with Gasteiger partial charge in [-0.15, -0.1) is 0 Å². The highest BCUT2D eigenvalue weighted by molar-refractivity contribution is 5.49. The highest BCUT2D eigenvalue weighted by Crippen LogP contribution is 2.21. The third-order valence-corrected chi connectivity index (χ3v) is 2.70. The Kier molecular flexibility index (Phi) is 5.26. The van der Waals surface area contributed by atoms with Crippen LogP contribution in [0.3, 0.4) is 0 Å². The van der Waals surface area contributed by atoms with E-state index in [1.54, 1.807) is 12.1 Å². The van der Waals surface area contributed by atoms with Crippen LogP contribution in [0.5, 0.6) is 0 Å². The second-order valence-electron chi connectivity index (χ2n) is 3.88. The molecule has 0 atom stereocenters. The Bertz CT molecular complexity index is 328. The first-order chi connectivity index (χ1) is 7.72. The van der Waals surface area contributed by atoms with Crippen molar-refractivity contribution in [2.75, 3.05) is 18.0 Å². The molecule has 90 valence electrons. The number of hydrogen-bond acceptors (Lipinski definition) is 2. The lowest BCUT2D eigenvalue weighted by molar-refractivity contribution is 0.281. The maximum atomic E-state index is 13.7. The molecule has 1 aromatic carbocycles. The zero-order valence-corrected chi connectivity index (χ0v) is 10.0. The number of aliphatic hydroxyl groups excluding tert-OH is 1. The molecule has 0 unspecified atom stereocenters. The normalized spacial score (nSPS) is 10.5. The van der Waals surface area contributed by atoms with Gasteiger partial charge in [0.1, 0.15) is 5.82 Å². The summed E-state index contributed by atoms with van der Waals surface area (Å²) in [6, 6.07) is 4.93. The molecule has 0 bridgehead atoms. The van der Waals surface area contributed by atoms with Gasteiger partial charge in [0.25, 0.3) is 0 Å². The van der Waals surface area contributed by atoms with Crippen LogP contribution in [0.2, 0.25) is 0 Å². The highest BCUT2D eigenvalue weighted by Gasteiger charge is 2.09. The van der Waals surface area contributed by atoms with Crippen LogP contribution in [0, 0.1) is 5.82 Å². The van der Waals surface area contributed by atoms with Crippen LogP contribution < -0.4 is 4.90 Å². The second kappa shape index (κ2) is 6.48. The van der Waals surface area contributed by atoms with Crippen LogP contribution >= 0.6 is 0 Å². The number of aliphatic hydroxyl groups is 1. The third kappa shape index (κ3) is 3.20. The molecule has 0 spiro atoms. The number of anilines is 1. The van der Waals surface area contributed by atoms with Crippen molar-refractivity contribution in [1.82, 2.24) is 0 Å². The monoisotopic (exact) mass is 225 g/mol. The van der Waals surface area contributed by atoms with E-state index < -0.39 is 0 Å². The van der Waals surface area contributed by atoms with Gasteiger partial charge in [-0.25, -0.2) is 4.39 Å². The summed E-state index contributed by atoms with van der Waals surface area (Å²) in [6.45, 7) is 5.71. The summed E-state index contributed by atoms with van der Waals surface area (Å²) in [5.74, 6) is -0.246. The zero-order valence-electron chi connectivity index (χ0n) is 10.0. The minimum atomic E-state index is -0.246. The molecule has 1 rings (SSSR count). The molecule has 0 saturated heterocycles.